The molecule has 0 bridgehead atoms. The van der Waals surface area contributed by atoms with Crippen molar-refractivity contribution in [2.75, 3.05) is 18.1 Å². The van der Waals surface area contributed by atoms with Crippen molar-refractivity contribution in [2.45, 2.75) is 57.1 Å². The van der Waals surface area contributed by atoms with Crippen LogP contribution in [0.25, 0.3) is 33.5 Å². The molecule has 1 saturated carbocycles. The third-order valence-corrected chi connectivity index (χ3v) is 9.27. The number of hydrazone groups is 1. The molecule has 8 rings (SSSR count). The van der Waals surface area contributed by atoms with Gasteiger partial charge in [0.2, 0.25) is 0 Å². The third-order valence-electron chi connectivity index (χ3n) is 9.27. The standard InChI is InChI=1S/C33H34N8O/c1-33(10-3-11-34-18-33)31-26(15-37-40-31)28-13-25-30(35-19-36-32(25)39-28)24-4-2-5-29(27(24)17-42)41-16-22-9-8-21(20-6-7-20)12-23(22)14-38-41/h2,4-5,8-9,12-15,19-20,34,42H,3,6-7,10-11,16-18H2,1H3,(H,37,40)(H,35,36,39)/t33-/m1/s1. The molecule has 2 aromatic carbocycles. The van der Waals surface area contributed by atoms with Gasteiger partial charge in [-0.1, -0.05) is 31.2 Å². The topological polar surface area (TPSA) is 118 Å². The summed E-state index contributed by atoms with van der Waals surface area (Å²) in [5.74, 6) is 0.713. The first-order valence-electron chi connectivity index (χ1n) is 14.9. The van der Waals surface area contributed by atoms with Crippen molar-refractivity contribution in [3.8, 4) is 22.5 Å². The van der Waals surface area contributed by atoms with E-state index < -0.39 is 0 Å². The number of rotatable bonds is 6. The quantitative estimate of drug-likeness (QED) is 0.222. The van der Waals surface area contributed by atoms with Crippen LogP contribution >= 0.6 is 0 Å². The lowest BCUT2D eigenvalue weighted by atomic mass is 9.78. The van der Waals surface area contributed by atoms with Crippen LogP contribution in [0.15, 0.2) is 60.1 Å². The zero-order valence-electron chi connectivity index (χ0n) is 23.7. The largest absolute Gasteiger partial charge is 0.392 e. The Morgan fingerprint density at radius 3 is 2.86 bits per heavy atom. The molecule has 1 aliphatic carbocycles. The van der Waals surface area contributed by atoms with Crippen LogP contribution in [-0.4, -0.2) is 49.6 Å². The van der Waals surface area contributed by atoms with E-state index >= 15 is 0 Å². The first kappa shape index (κ1) is 25.4. The fourth-order valence-electron chi connectivity index (χ4n) is 6.75. The van der Waals surface area contributed by atoms with E-state index in [4.69, 9.17) is 10.1 Å². The van der Waals surface area contributed by atoms with Crippen molar-refractivity contribution >= 4 is 22.9 Å². The van der Waals surface area contributed by atoms with Crippen LogP contribution in [0.4, 0.5) is 5.69 Å². The van der Waals surface area contributed by atoms with Crippen molar-refractivity contribution in [3.63, 3.8) is 0 Å². The molecule has 1 saturated heterocycles. The second-order valence-electron chi connectivity index (χ2n) is 12.2. The van der Waals surface area contributed by atoms with Crippen molar-refractivity contribution in [1.82, 2.24) is 30.5 Å². The fourth-order valence-corrected chi connectivity index (χ4v) is 6.75. The van der Waals surface area contributed by atoms with Gasteiger partial charge in [0.15, 0.2) is 0 Å². The van der Waals surface area contributed by atoms with E-state index in [1.165, 1.54) is 29.5 Å². The Hall–Kier alpha value is -4.34. The summed E-state index contributed by atoms with van der Waals surface area (Å²) in [6.45, 7) is 4.76. The second-order valence-corrected chi connectivity index (χ2v) is 12.2. The number of fused-ring (bicyclic) bond motifs is 2. The number of nitrogens with zero attached hydrogens (tertiary/aromatic N) is 5. The van der Waals surface area contributed by atoms with Gasteiger partial charge in [0.1, 0.15) is 12.0 Å². The van der Waals surface area contributed by atoms with Gasteiger partial charge < -0.3 is 15.4 Å². The van der Waals surface area contributed by atoms with Gasteiger partial charge in [-0.15, -0.1) is 0 Å². The molecule has 0 amide bonds. The van der Waals surface area contributed by atoms with Crippen LogP contribution in [0.2, 0.25) is 0 Å². The number of hydrogen-bond acceptors (Lipinski definition) is 7. The number of anilines is 1. The minimum absolute atomic E-state index is 0.0265. The molecule has 9 heteroatoms. The van der Waals surface area contributed by atoms with E-state index in [1.54, 1.807) is 6.33 Å². The minimum Gasteiger partial charge on any atom is -0.392 e. The fraction of sp³-hybridized carbons (Fsp3) is 0.333. The summed E-state index contributed by atoms with van der Waals surface area (Å²) in [4.78, 5) is 12.8. The molecule has 2 aliphatic heterocycles. The van der Waals surface area contributed by atoms with Gasteiger partial charge in [0, 0.05) is 34.0 Å². The number of nitrogens with one attached hydrogen (secondary N) is 3. The lowest BCUT2D eigenvalue weighted by molar-refractivity contribution is 0.282. The van der Waals surface area contributed by atoms with E-state index in [0.717, 1.165) is 76.4 Å². The normalized spacial score (nSPS) is 20.3. The van der Waals surface area contributed by atoms with Crippen molar-refractivity contribution < 1.29 is 5.11 Å². The molecule has 9 nitrogen and oxygen atoms in total. The van der Waals surface area contributed by atoms with Gasteiger partial charge in [-0.3, -0.25) is 10.1 Å². The molecular weight excluding hydrogens is 524 g/mol. The zero-order chi connectivity index (χ0) is 28.3. The predicted octanol–water partition coefficient (Wildman–Crippen LogP) is 5.38. The Labute approximate surface area is 244 Å². The highest BCUT2D eigenvalue weighted by Crippen LogP contribution is 2.42. The average molecular weight is 559 g/mol. The van der Waals surface area contributed by atoms with Crippen molar-refractivity contribution in [3.05, 3.63) is 82.9 Å². The molecule has 0 unspecified atom stereocenters. The molecule has 0 radical (unpaired) electrons. The van der Waals surface area contributed by atoms with Gasteiger partial charge in [0.25, 0.3) is 0 Å². The molecule has 0 spiro atoms. The number of H-pyrrole nitrogens is 2. The van der Waals surface area contributed by atoms with Crippen LogP contribution < -0.4 is 10.3 Å². The predicted molar refractivity (Wildman–Crippen MR) is 164 cm³/mol. The molecule has 5 aromatic rings. The highest BCUT2D eigenvalue weighted by atomic mass is 16.3. The summed E-state index contributed by atoms with van der Waals surface area (Å²) in [5.41, 5.74) is 11.0. The lowest BCUT2D eigenvalue weighted by Gasteiger charge is -2.33. The Morgan fingerprint density at radius 2 is 2.02 bits per heavy atom. The molecule has 2 fully saturated rings. The Kier molecular flexibility index (Phi) is 5.97. The SMILES string of the molecule is C[C@@]1(c2[nH]ncc2-c2cc3c(-c4cccc(N5Cc6ccc(C7CC7)cc6C=N5)c4CO)ncnc3[nH]2)CCCNC1. The van der Waals surface area contributed by atoms with Crippen LogP contribution in [0, 0.1) is 0 Å². The molecule has 4 N–H and O–H groups in total. The third kappa shape index (κ3) is 4.23. The number of hydrogen-bond donors (Lipinski definition) is 4. The van der Waals surface area contributed by atoms with Gasteiger partial charge in [-0.2, -0.15) is 10.2 Å². The van der Waals surface area contributed by atoms with E-state index in [1.807, 2.05) is 35.6 Å². The smallest absolute Gasteiger partial charge is 0.141 e. The molecule has 3 aliphatic rings. The first-order chi connectivity index (χ1) is 20.6. The Bertz CT molecular complexity index is 1830. The molecular formula is C33H34N8O. The first-order valence-corrected chi connectivity index (χ1v) is 14.9. The van der Waals surface area contributed by atoms with Gasteiger partial charge in [0.05, 0.1) is 48.3 Å². The second kappa shape index (κ2) is 9.89. The highest BCUT2D eigenvalue weighted by Gasteiger charge is 2.33. The van der Waals surface area contributed by atoms with E-state index in [9.17, 15) is 5.11 Å². The monoisotopic (exact) mass is 558 g/mol. The number of piperidine rings is 1. The van der Waals surface area contributed by atoms with Crippen LogP contribution in [-0.2, 0) is 18.6 Å². The number of aromatic nitrogens is 5. The molecule has 42 heavy (non-hydrogen) atoms. The molecule has 5 heterocycles. The Morgan fingerprint density at radius 1 is 1.10 bits per heavy atom. The molecule has 212 valence electrons. The summed E-state index contributed by atoms with van der Waals surface area (Å²) >= 11 is 0. The maximum absolute atomic E-state index is 10.7. The zero-order valence-corrected chi connectivity index (χ0v) is 23.7. The van der Waals surface area contributed by atoms with Crippen LogP contribution in [0.3, 0.4) is 0 Å². The summed E-state index contributed by atoms with van der Waals surface area (Å²) in [7, 11) is 0. The summed E-state index contributed by atoms with van der Waals surface area (Å²) in [6, 6.07) is 14.9. The van der Waals surface area contributed by atoms with Crippen LogP contribution in [0.1, 0.15) is 66.5 Å². The summed E-state index contributed by atoms with van der Waals surface area (Å²) in [5, 5.41) is 29.6. The highest BCUT2D eigenvalue weighted by molar-refractivity contribution is 5.96. The number of aromatic amines is 2. The van der Waals surface area contributed by atoms with E-state index in [-0.39, 0.29) is 12.0 Å². The average Bonchev–Trinajstić information content (AvgIpc) is 3.58. The summed E-state index contributed by atoms with van der Waals surface area (Å²) in [6.07, 6.45) is 10.2. The maximum atomic E-state index is 10.7. The number of benzene rings is 2. The number of aliphatic hydroxyl groups is 1. The van der Waals surface area contributed by atoms with E-state index in [0.29, 0.717) is 12.5 Å². The lowest BCUT2D eigenvalue weighted by Crippen LogP contribution is -2.41. The summed E-state index contributed by atoms with van der Waals surface area (Å²) < 4.78 is 0. The van der Waals surface area contributed by atoms with Gasteiger partial charge in [-0.05, 0) is 73.0 Å². The molecule has 1 atom stereocenters. The minimum atomic E-state index is -0.134. The van der Waals surface area contributed by atoms with Crippen molar-refractivity contribution in [1.29, 1.82) is 0 Å². The van der Waals surface area contributed by atoms with E-state index in [2.05, 4.69) is 56.7 Å². The maximum Gasteiger partial charge on any atom is 0.141 e. The van der Waals surface area contributed by atoms with Crippen molar-refractivity contribution in [2.24, 2.45) is 5.10 Å². The van der Waals surface area contributed by atoms with Gasteiger partial charge in [-0.25, -0.2) is 9.97 Å². The van der Waals surface area contributed by atoms with Gasteiger partial charge >= 0.3 is 0 Å². The Balaban J connectivity index is 1.17. The number of aliphatic hydroxyl groups excluding tert-OH is 1. The molecule has 3 aromatic heterocycles. The van der Waals surface area contributed by atoms with Crippen LogP contribution in [0.5, 0.6) is 0 Å².